The van der Waals surface area contributed by atoms with Crippen LogP contribution >= 0.6 is 11.6 Å². The van der Waals surface area contributed by atoms with Crippen LogP contribution in [0, 0.1) is 0 Å². The number of rotatable bonds is 1. The molecule has 0 atom stereocenters. The predicted molar refractivity (Wildman–Crippen MR) is 166 cm³/mol. The number of hydrogen-bond acceptors (Lipinski definition) is 6. The monoisotopic (exact) mass is 562 g/mol. The summed E-state index contributed by atoms with van der Waals surface area (Å²) in [6.45, 7) is 0. The molecule has 2 N–H and O–H groups in total. The van der Waals surface area contributed by atoms with Crippen LogP contribution in [0.15, 0.2) is 91.0 Å². The van der Waals surface area contributed by atoms with Crippen molar-refractivity contribution >= 4 is 55.7 Å². The molecular formula is C33H19ClN8. The lowest BCUT2D eigenvalue weighted by atomic mass is 10.1. The van der Waals surface area contributed by atoms with E-state index in [-0.39, 0.29) is 0 Å². The molecule has 7 aromatic rings. The van der Waals surface area contributed by atoms with Gasteiger partial charge in [0.1, 0.15) is 22.6 Å². The summed E-state index contributed by atoms with van der Waals surface area (Å²) in [5, 5.41) is 3.70. The van der Waals surface area contributed by atoms with Crippen molar-refractivity contribution in [3.8, 4) is 45.6 Å². The maximum atomic E-state index is 6.42. The van der Waals surface area contributed by atoms with Gasteiger partial charge >= 0.3 is 0 Å². The highest BCUT2D eigenvalue weighted by atomic mass is 35.5. The number of alkyl halides is 1. The number of fused-ring (bicyclic) bond motifs is 20. The highest BCUT2D eigenvalue weighted by molar-refractivity contribution is 6.19. The van der Waals surface area contributed by atoms with Crippen LogP contribution in [0.5, 0.6) is 0 Å². The molecule has 0 unspecified atom stereocenters. The molecule has 0 aliphatic carbocycles. The lowest BCUT2D eigenvalue weighted by Crippen LogP contribution is -1.84. The van der Waals surface area contributed by atoms with Crippen LogP contribution in [0.4, 0.5) is 0 Å². The molecule has 4 aromatic carbocycles. The molecular weight excluding hydrogens is 544 g/mol. The second-order valence-electron chi connectivity index (χ2n) is 10.2. The van der Waals surface area contributed by atoms with Crippen molar-refractivity contribution in [2.45, 2.75) is 5.88 Å². The standard InChI is InChI=1S/C33H19ClN8/c34-16-17-8-7-15-24-25(17)33-41-31-23-14-6-5-13-22(23)29(39-31)37-27-19-10-2-1-9-18(19)26(35-27)36-28-20-11-3-4-12-21(20)30(38-28)40-32(24)42-33/h1-15H,16H2,(H2,35,36,37,38,39,40,41,42). The molecule has 9 heteroatoms. The number of aromatic amines is 2. The van der Waals surface area contributed by atoms with Gasteiger partial charge in [-0.15, -0.1) is 11.6 Å². The normalized spacial score (nSPS) is 12.0. The van der Waals surface area contributed by atoms with E-state index in [4.69, 9.17) is 41.5 Å². The number of nitrogens with zero attached hydrogens (tertiary/aromatic N) is 6. The van der Waals surface area contributed by atoms with E-state index in [9.17, 15) is 0 Å². The first-order chi connectivity index (χ1) is 20.7. The quantitative estimate of drug-likeness (QED) is 0.199. The van der Waals surface area contributed by atoms with Gasteiger partial charge in [-0.25, -0.2) is 29.9 Å². The minimum absolute atomic E-state index is 0.329. The molecule has 2 aliphatic rings. The Labute approximate surface area is 243 Å². The zero-order valence-electron chi connectivity index (χ0n) is 21.9. The van der Waals surface area contributed by atoms with Crippen molar-refractivity contribution in [1.82, 2.24) is 39.9 Å². The maximum absolute atomic E-state index is 6.42. The molecule has 0 fully saturated rings. The van der Waals surface area contributed by atoms with Gasteiger partial charge in [-0.05, 0) is 5.56 Å². The number of benzene rings is 4. The molecule has 0 amide bonds. The first-order valence-corrected chi connectivity index (χ1v) is 14.1. The number of nitrogens with one attached hydrogen (secondary N) is 2. The Morgan fingerprint density at radius 3 is 1.33 bits per heavy atom. The second-order valence-corrected chi connectivity index (χ2v) is 10.5. The van der Waals surface area contributed by atoms with Crippen molar-refractivity contribution in [3.05, 3.63) is 96.6 Å². The topological polar surface area (TPSA) is 109 Å². The van der Waals surface area contributed by atoms with Crippen LogP contribution in [0.25, 0.3) is 89.7 Å². The second kappa shape index (κ2) is 8.76. The number of H-pyrrole nitrogens is 2. The van der Waals surface area contributed by atoms with Crippen molar-refractivity contribution < 1.29 is 0 Å². The summed E-state index contributed by atoms with van der Waals surface area (Å²) in [5.74, 6) is 2.62. The fraction of sp³-hybridized carbons (Fsp3) is 0.0303. The molecule has 198 valence electrons. The third-order valence-corrected chi connectivity index (χ3v) is 8.10. The van der Waals surface area contributed by atoms with Crippen molar-refractivity contribution in [1.29, 1.82) is 0 Å². The molecule has 0 spiro atoms. The number of hydrogen-bond donors (Lipinski definition) is 2. The molecule has 8 nitrogen and oxygen atoms in total. The smallest absolute Gasteiger partial charge is 0.164 e. The Morgan fingerprint density at radius 2 is 0.833 bits per heavy atom. The van der Waals surface area contributed by atoms with E-state index in [1.54, 1.807) is 0 Å². The lowest BCUT2D eigenvalue weighted by molar-refractivity contribution is 1.19. The van der Waals surface area contributed by atoms with Gasteiger partial charge in [0.25, 0.3) is 0 Å². The van der Waals surface area contributed by atoms with Crippen molar-refractivity contribution in [2.75, 3.05) is 0 Å². The first kappa shape index (κ1) is 23.3. The van der Waals surface area contributed by atoms with Gasteiger partial charge in [-0.3, -0.25) is 0 Å². The fourth-order valence-electron chi connectivity index (χ4n) is 5.87. The van der Waals surface area contributed by atoms with E-state index in [0.717, 1.165) is 49.4 Å². The van der Waals surface area contributed by atoms with Crippen LogP contribution < -0.4 is 0 Å². The van der Waals surface area contributed by atoms with Crippen LogP contribution in [0.2, 0.25) is 0 Å². The van der Waals surface area contributed by atoms with E-state index < -0.39 is 0 Å². The summed E-state index contributed by atoms with van der Waals surface area (Å²) < 4.78 is 0. The van der Waals surface area contributed by atoms with Crippen LogP contribution in [0.3, 0.4) is 0 Å². The Kier molecular flexibility index (Phi) is 4.85. The summed E-state index contributed by atoms with van der Waals surface area (Å²) in [6, 6.07) is 30.1. The van der Waals surface area contributed by atoms with Gasteiger partial charge in [0.15, 0.2) is 23.3 Å². The SMILES string of the molecule is ClCc1cccc2c3nc4nc(nc5[nH]c(nc6nc(nc([nH]3)c12)-c1ccccc1-6)c1ccccc51)-c1ccccc1-4. The summed E-state index contributed by atoms with van der Waals surface area (Å²) in [7, 11) is 0. The van der Waals surface area contributed by atoms with Gasteiger partial charge in [0.2, 0.25) is 0 Å². The zero-order valence-corrected chi connectivity index (χ0v) is 22.7. The van der Waals surface area contributed by atoms with Gasteiger partial charge in [-0.1, -0.05) is 91.0 Å². The lowest BCUT2D eigenvalue weighted by Gasteiger charge is -1.98. The highest BCUT2D eigenvalue weighted by Crippen LogP contribution is 2.37. The minimum atomic E-state index is 0.329. The summed E-state index contributed by atoms with van der Waals surface area (Å²) in [6.07, 6.45) is 0. The average molecular weight is 563 g/mol. The Balaban J connectivity index is 1.52. The van der Waals surface area contributed by atoms with E-state index in [1.165, 1.54) is 0 Å². The van der Waals surface area contributed by atoms with Gasteiger partial charge in [0.05, 0.1) is 0 Å². The molecule has 2 aliphatic heterocycles. The fourth-order valence-corrected chi connectivity index (χ4v) is 6.10. The Morgan fingerprint density at radius 1 is 0.429 bits per heavy atom. The van der Waals surface area contributed by atoms with Crippen LogP contribution in [-0.2, 0) is 5.88 Å². The van der Waals surface area contributed by atoms with E-state index in [2.05, 4.69) is 9.97 Å². The Hall–Kier alpha value is -5.47. The average Bonchev–Trinajstić information content (AvgIpc) is 3.76. The molecule has 42 heavy (non-hydrogen) atoms. The summed E-state index contributed by atoms with van der Waals surface area (Å²) in [5.41, 5.74) is 7.20. The molecule has 8 bridgehead atoms. The van der Waals surface area contributed by atoms with E-state index in [1.807, 2.05) is 91.0 Å². The maximum Gasteiger partial charge on any atom is 0.164 e. The first-order valence-electron chi connectivity index (χ1n) is 13.5. The summed E-state index contributed by atoms with van der Waals surface area (Å²) >= 11 is 6.42. The predicted octanol–water partition coefficient (Wildman–Crippen LogP) is 7.61. The van der Waals surface area contributed by atoms with Crippen LogP contribution in [-0.4, -0.2) is 39.9 Å². The molecule has 9 rings (SSSR count). The third-order valence-electron chi connectivity index (χ3n) is 7.81. The molecule has 0 radical (unpaired) electrons. The molecule has 0 saturated carbocycles. The summed E-state index contributed by atoms with van der Waals surface area (Å²) in [4.78, 5) is 36.9. The zero-order chi connectivity index (χ0) is 27.8. The van der Waals surface area contributed by atoms with Gasteiger partial charge < -0.3 is 9.97 Å². The van der Waals surface area contributed by atoms with Gasteiger partial charge in [-0.2, -0.15) is 0 Å². The Bertz CT molecular complexity index is 2420. The molecule has 0 saturated heterocycles. The minimum Gasteiger partial charge on any atom is -0.324 e. The largest absolute Gasteiger partial charge is 0.324 e. The molecule has 3 aromatic heterocycles. The highest BCUT2D eigenvalue weighted by Gasteiger charge is 2.22. The number of halogens is 1. The van der Waals surface area contributed by atoms with E-state index >= 15 is 0 Å². The van der Waals surface area contributed by atoms with Gasteiger partial charge in [0, 0.05) is 49.7 Å². The molecule has 5 heterocycles. The number of aromatic nitrogens is 8. The van der Waals surface area contributed by atoms with Crippen molar-refractivity contribution in [2.24, 2.45) is 0 Å². The van der Waals surface area contributed by atoms with E-state index in [0.29, 0.717) is 51.8 Å². The third kappa shape index (κ3) is 3.36. The van der Waals surface area contributed by atoms with Crippen LogP contribution in [0.1, 0.15) is 5.56 Å². The van der Waals surface area contributed by atoms with Crippen molar-refractivity contribution in [3.63, 3.8) is 0 Å².